The van der Waals surface area contributed by atoms with Crippen molar-refractivity contribution in [2.45, 2.75) is 6.18 Å². The van der Waals surface area contributed by atoms with E-state index in [1.54, 1.807) is 24.4 Å². The highest BCUT2D eigenvalue weighted by atomic mass is 19.4. The molecule has 12 aromatic rings. The normalized spacial score (nSPS) is 11.7. The lowest BCUT2D eigenvalue weighted by atomic mass is 9.94. The number of nitriles is 1. The van der Waals surface area contributed by atoms with E-state index in [-0.39, 0.29) is 16.7 Å². The van der Waals surface area contributed by atoms with Crippen LogP contribution < -0.4 is 0 Å². The summed E-state index contributed by atoms with van der Waals surface area (Å²) in [5.41, 5.74) is 11.0. The van der Waals surface area contributed by atoms with Crippen molar-refractivity contribution in [2.75, 3.05) is 0 Å². The lowest BCUT2D eigenvalue weighted by Gasteiger charge is -2.22. The standard InChI is InChI=1S/C60H36F3N5/c61-60(62,63)51-20-10-7-17-44(51)49-27-28-56(67-54-21-11-8-18-45(54)47-25-23-40(35-57(47)67)42-29-31-65-52(33-42)38-13-3-1-4-14-38)50(37-64)59(49)68-55-22-12-9-19-46(55)48-26-24-41(36-58(48)68)43-30-32-66-53(34-43)39-15-5-2-6-16-39/h1-36H. The molecule has 5 nitrogen and oxygen atoms in total. The van der Waals surface area contributed by atoms with Crippen LogP contribution in [0.2, 0.25) is 0 Å². The Morgan fingerprint density at radius 3 is 1.43 bits per heavy atom. The molecule has 0 aliphatic heterocycles. The van der Waals surface area contributed by atoms with Crippen molar-refractivity contribution in [3.05, 3.63) is 230 Å². The van der Waals surface area contributed by atoms with E-state index < -0.39 is 11.7 Å². The number of para-hydroxylation sites is 2. The van der Waals surface area contributed by atoms with E-state index in [0.717, 1.165) is 94.4 Å². The van der Waals surface area contributed by atoms with Crippen molar-refractivity contribution >= 4 is 43.6 Å². The van der Waals surface area contributed by atoms with E-state index >= 15 is 13.2 Å². The first kappa shape index (κ1) is 40.4. The first-order valence-corrected chi connectivity index (χ1v) is 22.2. The topological polar surface area (TPSA) is 59.4 Å². The molecule has 322 valence electrons. The number of alkyl halides is 3. The summed E-state index contributed by atoms with van der Waals surface area (Å²) in [6.07, 6.45) is -1.08. The Balaban J connectivity index is 1.16. The fourth-order valence-corrected chi connectivity index (χ4v) is 9.85. The highest BCUT2D eigenvalue weighted by Crippen LogP contribution is 2.46. The number of aromatic nitrogens is 4. The van der Waals surface area contributed by atoms with Crippen LogP contribution in [0.1, 0.15) is 11.1 Å². The molecule has 0 aliphatic carbocycles. The summed E-state index contributed by atoms with van der Waals surface area (Å²) in [5, 5.41) is 15.4. The number of hydrogen-bond donors (Lipinski definition) is 0. The lowest BCUT2D eigenvalue weighted by molar-refractivity contribution is -0.137. The van der Waals surface area contributed by atoms with Gasteiger partial charge in [-0.15, -0.1) is 0 Å². The quantitative estimate of drug-likeness (QED) is 0.160. The summed E-state index contributed by atoms with van der Waals surface area (Å²) >= 11 is 0. The molecule has 4 aromatic heterocycles. The largest absolute Gasteiger partial charge is 0.417 e. The molecule has 0 aliphatic rings. The Kier molecular flexibility index (Phi) is 9.59. The predicted molar refractivity (Wildman–Crippen MR) is 268 cm³/mol. The van der Waals surface area contributed by atoms with Gasteiger partial charge in [0.1, 0.15) is 11.6 Å². The van der Waals surface area contributed by atoms with Gasteiger partial charge < -0.3 is 9.13 Å². The van der Waals surface area contributed by atoms with E-state index in [9.17, 15) is 5.26 Å². The molecule has 0 atom stereocenters. The highest BCUT2D eigenvalue weighted by Gasteiger charge is 2.35. The fourth-order valence-electron chi connectivity index (χ4n) is 9.85. The van der Waals surface area contributed by atoms with Gasteiger partial charge in [-0.2, -0.15) is 18.4 Å². The third-order valence-electron chi connectivity index (χ3n) is 12.9. The minimum absolute atomic E-state index is 0.0295. The monoisotopic (exact) mass is 883 g/mol. The zero-order valence-corrected chi connectivity index (χ0v) is 36.2. The molecule has 0 bridgehead atoms. The van der Waals surface area contributed by atoms with Crippen molar-refractivity contribution < 1.29 is 13.2 Å². The third kappa shape index (κ3) is 6.71. The first-order chi connectivity index (χ1) is 33.3. The minimum atomic E-state index is -4.68. The molecule has 68 heavy (non-hydrogen) atoms. The van der Waals surface area contributed by atoms with Gasteiger partial charge >= 0.3 is 6.18 Å². The zero-order valence-electron chi connectivity index (χ0n) is 36.2. The average molecular weight is 884 g/mol. The Bertz CT molecular complexity index is 3970. The van der Waals surface area contributed by atoms with Gasteiger partial charge in [0.25, 0.3) is 0 Å². The number of pyridine rings is 2. The molecule has 0 unspecified atom stereocenters. The Labute approximate surface area is 388 Å². The molecule has 0 spiro atoms. The first-order valence-electron chi connectivity index (χ1n) is 22.2. The number of fused-ring (bicyclic) bond motifs is 6. The molecule has 0 fully saturated rings. The molecule has 0 radical (unpaired) electrons. The molecule has 8 aromatic carbocycles. The smallest absolute Gasteiger partial charge is 0.308 e. The van der Waals surface area contributed by atoms with E-state index in [1.165, 1.54) is 12.1 Å². The SMILES string of the molecule is N#Cc1c(-n2c3ccccc3c3ccc(-c4ccnc(-c5ccccc5)c4)cc32)ccc(-c2ccccc2C(F)(F)F)c1-n1c2ccccc2c2ccc(-c3ccnc(-c4ccccc4)c3)cc21. The molecule has 12 rings (SSSR count). The zero-order chi connectivity index (χ0) is 45.9. The molecule has 8 heteroatoms. The van der Waals surface area contributed by atoms with Crippen molar-refractivity contribution in [3.8, 4) is 73.3 Å². The van der Waals surface area contributed by atoms with Gasteiger partial charge in [-0.25, -0.2) is 0 Å². The maximum absolute atomic E-state index is 15.2. The summed E-state index contributed by atoms with van der Waals surface area (Å²) in [7, 11) is 0. The maximum atomic E-state index is 15.2. The summed E-state index contributed by atoms with van der Waals surface area (Å²) < 4.78 is 49.5. The number of benzene rings is 8. The second kappa shape index (κ2) is 16.1. The Morgan fingerprint density at radius 1 is 0.397 bits per heavy atom. The van der Waals surface area contributed by atoms with Gasteiger partial charge in [0.05, 0.1) is 50.4 Å². The van der Waals surface area contributed by atoms with Crippen LogP contribution in [0.5, 0.6) is 0 Å². The van der Waals surface area contributed by atoms with Crippen LogP contribution in [0, 0.1) is 11.3 Å². The van der Waals surface area contributed by atoms with Crippen LogP contribution in [-0.4, -0.2) is 19.1 Å². The Morgan fingerprint density at radius 2 is 0.868 bits per heavy atom. The lowest BCUT2D eigenvalue weighted by Crippen LogP contribution is -2.10. The number of nitrogens with zero attached hydrogens (tertiary/aromatic N) is 5. The van der Waals surface area contributed by atoms with Gasteiger partial charge in [-0.1, -0.05) is 146 Å². The van der Waals surface area contributed by atoms with E-state index in [4.69, 9.17) is 0 Å². The predicted octanol–water partition coefficient (Wildman–Crippen LogP) is 15.9. The van der Waals surface area contributed by atoms with E-state index in [2.05, 4.69) is 69.1 Å². The van der Waals surface area contributed by atoms with Crippen molar-refractivity contribution in [1.29, 1.82) is 5.26 Å². The van der Waals surface area contributed by atoms with Crippen molar-refractivity contribution in [1.82, 2.24) is 19.1 Å². The molecule has 0 saturated heterocycles. The van der Waals surface area contributed by atoms with Crippen LogP contribution in [0.4, 0.5) is 13.2 Å². The van der Waals surface area contributed by atoms with Crippen molar-refractivity contribution in [2.24, 2.45) is 0 Å². The molecular formula is C60H36F3N5. The summed E-state index contributed by atoms with van der Waals surface area (Å²) in [6.45, 7) is 0. The fraction of sp³-hybridized carbons (Fsp3) is 0.0167. The van der Waals surface area contributed by atoms with Gasteiger partial charge in [-0.05, 0) is 88.5 Å². The van der Waals surface area contributed by atoms with Crippen LogP contribution in [0.15, 0.2) is 219 Å². The molecule has 4 heterocycles. The summed E-state index contributed by atoms with van der Waals surface area (Å²) in [4.78, 5) is 9.34. The van der Waals surface area contributed by atoms with Crippen LogP contribution in [-0.2, 0) is 6.18 Å². The van der Waals surface area contributed by atoms with Crippen LogP contribution in [0.3, 0.4) is 0 Å². The minimum Gasteiger partial charge on any atom is -0.308 e. The van der Waals surface area contributed by atoms with Gasteiger partial charge in [0, 0.05) is 50.6 Å². The summed E-state index contributed by atoms with van der Waals surface area (Å²) in [6, 6.07) is 68.2. The van der Waals surface area contributed by atoms with Gasteiger partial charge in [-0.3, -0.25) is 9.97 Å². The average Bonchev–Trinajstić information content (AvgIpc) is 3.90. The van der Waals surface area contributed by atoms with Gasteiger partial charge in [0.15, 0.2) is 0 Å². The third-order valence-corrected chi connectivity index (χ3v) is 12.9. The second-order valence-electron chi connectivity index (χ2n) is 16.8. The molecule has 0 saturated carbocycles. The number of rotatable bonds is 7. The van der Waals surface area contributed by atoms with Gasteiger partial charge in [0.2, 0.25) is 0 Å². The molecule has 0 N–H and O–H groups in total. The second-order valence-corrected chi connectivity index (χ2v) is 16.8. The van der Waals surface area contributed by atoms with E-state index in [1.807, 2.05) is 132 Å². The summed E-state index contributed by atoms with van der Waals surface area (Å²) in [5.74, 6) is 0. The highest BCUT2D eigenvalue weighted by molar-refractivity contribution is 6.13. The van der Waals surface area contributed by atoms with Crippen molar-refractivity contribution in [3.63, 3.8) is 0 Å². The Hall–Kier alpha value is -9.06. The van der Waals surface area contributed by atoms with E-state index in [0.29, 0.717) is 11.4 Å². The van der Waals surface area contributed by atoms with Crippen LogP contribution >= 0.6 is 0 Å². The maximum Gasteiger partial charge on any atom is 0.417 e. The van der Waals surface area contributed by atoms with Crippen LogP contribution in [0.25, 0.3) is 111 Å². The molecular weight excluding hydrogens is 848 g/mol. The number of halogens is 3. The number of hydrogen-bond acceptors (Lipinski definition) is 3. The molecule has 0 amide bonds.